The zero-order chi connectivity index (χ0) is 11.6. The van der Waals surface area contributed by atoms with Crippen LogP contribution in [0.2, 0.25) is 0 Å². The van der Waals surface area contributed by atoms with E-state index >= 15 is 0 Å². The van der Waals surface area contributed by atoms with Gasteiger partial charge in [-0.2, -0.15) is 0 Å². The molecule has 0 amide bonds. The summed E-state index contributed by atoms with van der Waals surface area (Å²) in [6.07, 6.45) is 8.24. The highest BCUT2D eigenvalue weighted by molar-refractivity contribution is 6.19. The Balaban J connectivity index is 1.88. The van der Waals surface area contributed by atoms with Gasteiger partial charge in [0.2, 0.25) is 0 Å². The molecule has 0 aliphatic heterocycles. The van der Waals surface area contributed by atoms with E-state index in [0.717, 1.165) is 5.88 Å². The molecule has 0 aromatic carbocycles. The van der Waals surface area contributed by atoms with E-state index in [-0.39, 0.29) is 0 Å². The number of halogens is 1. The maximum absolute atomic E-state index is 6.15. The lowest BCUT2D eigenvalue weighted by Gasteiger charge is -2.72. The Bertz CT molecular complexity index is 342. The third kappa shape index (κ3) is 1.41. The first kappa shape index (κ1) is 11.1. The monoisotopic (exact) mass is 238 g/mol. The largest absolute Gasteiger partial charge is 0.122 e. The molecule has 1 heteroatoms. The van der Waals surface area contributed by atoms with E-state index in [1.165, 1.54) is 38.5 Å². The molecular weight excluding hydrogens is 216 g/mol. The molecule has 2 bridgehead atoms. The van der Waals surface area contributed by atoms with Gasteiger partial charge in [-0.05, 0) is 54.8 Å². The van der Waals surface area contributed by atoms with E-state index in [9.17, 15) is 0 Å². The van der Waals surface area contributed by atoms with Gasteiger partial charge in [0.25, 0.3) is 0 Å². The van der Waals surface area contributed by atoms with Crippen molar-refractivity contribution >= 4 is 11.6 Å². The lowest BCUT2D eigenvalue weighted by Crippen LogP contribution is -2.61. The van der Waals surface area contributed by atoms with Crippen LogP contribution < -0.4 is 0 Å². The predicted molar refractivity (Wildman–Crippen MR) is 69.8 cm³/mol. The lowest BCUT2D eigenvalue weighted by molar-refractivity contribution is -0.167. The van der Waals surface area contributed by atoms with Crippen molar-refractivity contribution < 1.29 is 0 Å². The fourth-order valence-corrected chi connectivity index (χ4v) is 4.95. The van der Waals surface area contributed by atoms with E-state index in [2.05, 4.69) is 20.8 Å². The van der Waals surface area contributed by atoms with Crippen LogP contribution in [0.3, 0.4) is 0 Å². The second-order valence-electron chi connectivity index (χ2n) is 7.68. The smallest absolute Gasteiger partial charge is 0.0436 e. The summed E-state index contributed by atoms with van der Waals surface area (Å²) in [4.78, 5) is 0. The van der Waals surface area contributed by atoms with Gasteiger partial charge >= 0.3 is 0 Å². The van der Waals surface area contributed by atoms with Crippen molar-refractivity contribution in [2.75, 3.05) is 5.88 Å². The van der Waals surface area contributed by atoms with Gasteiger partial charge in [0, 0.05) is 5.88 Å². The molecule has 0 heterocycles. The number of alkyl halides is 1. The summed E-state index contributed by atoms with van der Waals surface area (Å²) >= 11 is 6.15. The first-order chi connectivity index (χ1) is 7.38. The molecule has 0 spiro atoms. The van der Waals surface area contributed by atoms with Crippen molar-refractivity contribution in [3.8, 4) is 0 Å². The molecule has 0 aromatic rings. The van der Waals surface area contributed by atoms with Crippen LogP contribution in [0.4, 0.5) is 0 Å². The van der Waals surface area contributed by atoms with Gasteiger partial charge in [-0.25, -0.2) is 0 Å². The first-order valence-electron chi connectivity index (χ1n) is 6.66. The number of allylic oxidation sites excluding steroid dienone is 2. The van der Waals surface area contributed by atoms with Crippen LogP contribution >= 0.6 is 11.6 Å². The van der Waals surface area contributed by atoms with E-state index < -0.39 is 0 Å². The topological polar surface area (TPSA) is 0 Å². The maximum Gasteiger partial charge on any atom is 0.0436 e. The van der Waals surface area contributed by atoms with Crippen molar-refractivity contribution in [2.45, 2.75) is 59.3 Å². The van der Waals surface area contributed by atoms with Crippen LogP contribution in [0, 0.1) is 16.2 Å². The van der Waals surface area contributed by atoms with Crippen molar-refractivity contribution in [2.24, 2.45) is 16.2 Å². The average molecular weight is 239 g/mol. The minimum absolute atomic E-state index is 0.515. The first-order valence-corrected chi connectivity index (χ1v) is 7.19. The molecule has 4 rings (SSSR count). The molecule has 0 N–H and O–H groups in total. The van der Waals surface area contributed by atoms with Crippen molar-refractivity contribution in [3.63, 3.8) is 0 Å². The van der Waals surface area contributed by atoms with Gasteiger partial charge in [0.1, 0.15) is 0 Å². The normalized spacial score (nSPS) is 45.0. The van der Waals surface area contributed by atoms with Crippen LogP contribution in [0.1, 0.15) is 59.3 Å². The standard InChI is InChI=1S/C15H23Cl/c1-13(2)5-4-11(7-16)12(6-13)15-8-14(3,9-15)10-15/h4-10H2,1-3H3. The fourth-order valence-electron chi connectivity index (χ4n) is 4.66. The Morgan fingerprint density at radius 2 is 1.75 bits per heavy atom. The SMILES string of the molecule is CC1(C)CCC(CCl)=C(C23CC(C)(C2)C3)C1. The highest BCUT2D eigenvalue weighted by Gasteiger charge is 2.66. The molecule has 90 valence electrons. The van der Waals surface area contributed by atoms with Crippen LogP contribution in [0.15, 0.2) is 11.1 Å². The summed E-state index contributed by atoms with van der Waals surface area (Å²) in [5, 5.41) is 0. The zero-order valence-electron chi connectivity index (χ0n) is 10.8. The summed E-state index contributed by atoms with van der Waals surface area (Å²) in [5.74, 6) is 0.782. The van der Waals surface area contributed by atoms with Crippen LogP contribution in [0.25, 0.3) is 0 Å². The maximum atomic E-state index is 6.15. The van der Waals surface area contributed by atoms with Gasteiger partial charge < -0.3 is 0 Å². The molecule has 3 fully saturated rings. The summed E-state index contributed by atoms with van der Waals surface area (Å²) in [7, 11) is 0. The molecule has 0 saturated heterocycles. The highest BCUT2D eigenvalue weighted by Crippen LogP contribution is 2.77. The zero-order valence-corrected chi connectivity index (χ0v) is 11.6. The Labute approximate surface area is 104 Å². The minimum atomic E-state index is 0.515. The summed E-state index contributed by atoms with van der Waals surface area (Å²) in [6.45, 7) is 7.29. The van der Waals surface area contributed by atoms with Gasteiger partial charge in [-0.1, -0.05) is 31.9 Å². The van der Waals surface area contributed by atoms with Crippen molar-refractivity contribution in [3.05, 3.63) is 11.1 Å². The predicted octanol–water partition coefficient (Wildman–Crippen LogP) is 4.92. The molecule has 4 aliphatic rings. The van der Waals surface area contributed by atoms with Gasteiger partial charge in [0.15, 0.2) is 0 Å². The molecule has 0 unspecified atom stereocenters. The van der Waals surface area contributed by atoms with E-state index in [4.69, 9.17) is 11.6 Å². The quantitative estimate of drug-likeness (QED) is 0.473. The number of rotatable bonds is 2. The fraction of sp³-hybridized carbons (Fsp3) is 0.867. The van der Waals surface area contributed by atoms with E-state index in [1.54, 1.807) is 11.1 Å². The van der Waals surface area contributed by atoms with E-state index in [1.807, 2.05) is 0 Å². The second kappa shape index (κ2) is 3.07. The molecule has 0 aromatic heterocycles. The third-order valence-corrected chi connectivity index (χ3v) is 5.61. The molecule has 0 atom stereocenters. The summed E-state index contributed by atoms with van der Waals surface area (Å²) in [6, 6.07) is 0. The average Bonchev–Trinajstić information content (AvgIpc) is 2.10. The van der Waals surface area contributed by atoms with Crippen LogP contribution in [-0.4, -0.2) is 5.88 Å². The molecule has 4 aliphatic carbocycles. The van der Waals surface area contributed by atoms with Gasteiger partial charge in [0.05, 0.1) is 0 Å². The Morgan fingerprint density at radius 3 is 2.25 bits per heavy atom. The lowest BCUT2D eigenvalue weighted by atomic mass is 9.33. The molecule has 0 radical (unpaired) electrons. The Kier molecular flexibility index (Phi) is 2.14. The van der Waals surface area contributed by atoms with Crippen molar-refractivity contribution in [1.82, 2.24) is 0 Å². The Morgan fingerprint density at radius 1 is 1.12 bits per heavy atom. The molecular formula is C15H23Cl. The third-order valence-electron chi connectivity index (χ3n) is 5.28. The van der Waals surface area contributed by atoms with Gasteiger partial charge in [-0.3, -0.25) is 0 Å². The molecule has 0 nitrogen and oxygen atoms in total. The van der Waals surface area contributed by atoms with E-state index in [0.29, 0.717) is 16.2 Å². The van der Waals surface area contributed by atoms with Crippen LogP contribution in [0.5, 0.6) is 0 Å². The van der Waals surface area contributed by atoms with Crippen molar-refractivity contribution in [1.29, 1.82) is 0 Å². The number of hydrogen-bond acceptors (Lipinski definition) is 0. The molecule has 16 heavy (non-hydrogen) atoms. The Hall–Kier alpha value is 0.0300. The molecule has 3 saturated carbocycles. The summed E-state index contributed by atoms with van der Waals surface area (Å²) < 4.78 is 0. The van der Waals surface area contributed by atoms with Crippen LogP contribution in [-0.2, 0) is 0 Å². The second-order valence-corrected chi connectivity index (χ2v) is 7.95. The highest BCUT2D eigenvalue weighted by atomic mass is 35.5. The minimum Gasteiger partial charge on any atom is -0.122 e. The van der Waals surface area contributed by atoms with Gasteiger partial charge in [-0.15, -0.1) is 11.6 Å². The number of hydrogen-bond donors (Lipinski definition) is 0. The summed E-state index contributed by atoms with van der Waals surface area (Å²) in [5.41, 5.74) is 5.23.